The van der Waals surface area contributed by atoms with Crippen LogP contribution < -0.4 is 11.3 Å². The number of aryl methyl sites for hydroxylation is 2. The summed E-state index contributed by atoms with van der Waals surface area (Å²) in [7, 11) is 0. The lowest BCUT2D eigenvalue weighted by Crippen LogP contribution is -2.33. The summed E-state index contributed by atoms with van der Waals surface area (Å²) in [6.45, 7) is 5.86. The second-order valence-electron chi connectivity index (χ2n) is 4.72. The molecule has 0 bridgehead atoms. The number of hydrogen-bond acceptors (Lipinski definition) is 5. The van der Waals surface area contributed by atoms with Crippen LogP contribution in [0, 0.1) is 20.8 Å². The number of hydrogen-bond donors (Lipinski definition) is 2. The minimum absolute atomic E-state index is 0.273. The van der Waals surface area contributed by atoms with Gasteiger partial charge in [-0.3, -0.25) is 10.2 Å². The average molecular weight is 302 g/mol. The summed E-state index contributed by atoms with van der Waals surface area (Å²) in [5.74, 6) is 5.02. The minimum Gasteiger partial charge on any atom is -0.293 e. The molecule has 0 radical (unpaired) electrons. The van der Waals surface area contributed by atoms with Crippen molar-refractivity contribution in [2.24, 2.45) is 5.84 Å². The average Bonchev–Trinajstić information content (AvgIpc) is 2.50. The van der Waals surface area contributed by atoms with Crippen molar-refractivity contribution in [3.8, 4) is 0 Å². The number of aromatic nitrogens is 2. The van der Waals surface area contributed by atoms with Crippen molar-refractivity contribution in [2.75, 3.05) is 0 Å². The lowest BCUT2D eigenvalue weighted by Gasteiger charge is -2.15. The molecule has 0 fully saturated rings. The molecule has 1 aromatic carbocycles. The molecule has 0 aliphatic carbocycles. The van der Waals surface area contributed by atoms with Crippen molar-refractivity contribution in [3.63, 3.8) is 0 Å². The van der Waals surface area contributed by atoms with Gasteiger partial charge >= 0.3 is 0 Å². The zero-order valence-electron chi connectivity index (χ0n) is 12.3. The van der Waals surface area contributed by atoms with Crippen LogP contribution in [0.1, 0.15) is 27.8 Å². The van der Waals surface area contributed by atoms with Crippen molar-refractivity contribution in [1.82, 2.24) is 15.4 Å². The molecule has 110 valence electrons. The second kappa shape index (κ2) is 6.69. The molecule has 1 aromatic heterocycles. The van der Waals surface area contributed by atoms with Gasteiger partial charge in [0.05, 0.1) is 0 Å². The standard InChI is InChI=1S/C15H18N4OS/c1-9-10(2)17-15(18-11(9)3)21-13(14(20)19-16)12-7-5-4-6-8-12/h4-8,13H,16H2,1-3H3,(H,19,20). The Morgan fingerprint density at radius 2 is 1.71 bits per heavy atom. The quantitative estimate of drug-likeness (QED) is 0.297. The maximum atomic E-state index is 12.0. The summed E-state index contributed by atoms with van der Waals surface area (Å²) in [6, 6.07) is 9.46. The number of carbonyl (C=O) groups is 1. The Bertz CT molecular complexity index is 622. The van der Waals surface area contributed by atoms with Crippen molar-refractivity contribution in [3.05, 3.63) is 52.8 Å². The molecule has 2 aromatic rings. The van der Waals surface area contributed by atoms with Gasteiger partial charge in [-0.1, -0.05) is 42.1 Å². The number of hydrazine groups is 1. The Hall–Kier alpha value is -1.92. The largest absolute Gasteiger partial charge is 0.293 e. The first-order valence-corrected chi connectivity index (χ1v) is 7.44. The molecule has 1 atom stereocenters. The van der Waals surface area contributed by atoms with Gasteiger partial charge in [0.15, 0.2) is 5.16 Å². The van der Waals surface area contributed by atoms with E-state index >= 15 is 0 Å². The summed E-state index contributed by atoms with van der Waals surface area (Å²) >= 11 is 1.30. The molecule has 1 amide bonds. The molecule has 2 rings (SSSR count). The Balaban J connectivity index is 2.34. The fourth-order valence-electron chi connectivity index (χ4n) is 1.88. The van der Waals surface area contributed by atoms with Gasteiger partial charge in [-0.15, -0.1) is 0 Å². The fourth-order valence-corrected chi connectivity index (χ4v) is 2.93. The summed E-state index contributed by atoms with van der Waals surface area (Å²) in [4.78, 5) is 20.9. The van der Waals surface area contributed by atoms with E-state index in [4.69, 9.17) is 5.84 Å². The van der Waals surface area contributed by atoms with Crippen LogP contribution in [0.25, 0.3) is 0 Å². The highest BCUT2D eigenvalue weighted by molar-refractivity contribution is 8.00. The van der Waals surface area contributed by atoms with E-state index < -0.39 is 5.25 Å². The topological polar surface area (TPSA) is 80.9 Å². The third-order valence-electron chi connectivity index (χ3n) is 3.32. The molecule has 3 N–H and O–H groups in total. The van der Waals surface area contributed by atoms with Crippen molar-refractivity contribution in [2.45, 2.75) is 31.2 Å². The first kappa shape index (κ1) is 15.5. The van der Waals surface area contributed by atoms with Crippen LogP contribution in [0.4, 0.5) is 0 Å². The monoisotopic (exact) mass is 302 g/mol. The number of nitrogens with zero attached hydrogens (tertiary/aromatic N) is 2. The van der Waals surface area contributed by atoms with Gasteiger partial charge in [0, 0.05) is 11.4 Å². The molecular weight excluding hydrogens is 284 g/mol. The van der Waals surface area contributed by atoms with Crippen LogP contribution in [-0.4, -0.2) is 15.9 Å². The molecule has 0 aliphatic rings. The first-order valence-electron chi connectivity index (χ1n) is 6.57. The van der Waals surface area contributed by atoms with E-state index in [9.17, 15) is 4.79 Å². The minimum atomic E-state index is -0.474. The lowest BCUT2D eigenvalue weighted by molar-refractivity contribution is -0.120. The van der Waals surface area contributed by atoms with Crippen LogP contribution in [0.2, 0.25) is 0 Å². The van der Waals surface area contributed by atoms with E-state index in [-0.39, 0.29) is 5.91 Å². The van der Waals surface area contributed by atoms with Gasteiger partial charge in [0.2, 0.25) is 0 Å². The molecule has 6 heteroatoms. The SMILES string of the molecule is Cc1nc(SC(C(=O)NN)c2ccccc2)nc(C)c1C. The number of nitrogens with two attached hydrogens (primary N) is 1. The Morgan fingerprint density at radius 3 is 2.24 bits per heavy atom. The summed E-state index contributed by atoms with van der Waals surface area (Å²) in [5, 5.41) is 0.103. The predicted molar refractivity (Wildman–Crippen MR) is 83.6 cm³/mol. The van der Waals surface area contributed by atoms with Crippen molar-refractivity contribution >= 4 is 17.7 Å². The molecule has 0 aliphatic heterocycles. The molecule has 0 saturated heterocycles. The highest BCUT2D eigenvalue weighted by atomic mass is 32.2. The molecule has 0 spiro atoms. The lowest BCUT2D eigenvalue weighted by atomic mass is 10.1. The Labute approximate surface area is 128 Å². The van der Waals surface area contributed by atoms with Crippen molar-refractivity contribution in [1.29, 1.82) is 0 Å². The molecule has 1 heterocycles. The Kier molecular flexibility index (Phi) is 4.93. The summed E-state index contributed by atoms with van der Waals surface area (Å²) < 4.78 is 0. The van der Waals surface area contributed by atoms with Crippen LogP contribution >= 0.6 is 11.8 Å². The highest BCUT2D eigenvalue weighted by Crippen LogP contribution is 2.33. The maximum Gasteiger partial charge on any atom is 0.251 e. The number of benzene rings is 1. The van der Waals surface area contributed by atoms with E-state index in [1.165, 1.54) is 11.8 Å². The summed E-state index contributed by atoms with van der Waals surface area (Å²) in [5.41, 5.74) is 5.99. The van der Waals surface area contributed by atoms with E-state index in [2.05, 4.69) is 15.4 Å². The van der Waals surface area contributed by atoms with E-state index in [1.54, 1.807) is 0 Å². The van der Waals surface area contributed by atoms with Gasteiger partial charge in [0.25, 0.3) is 5.91 Å². The van der Waals surface area contributed by atoms with Gasteiger partial charge in [0.1, 0.15) is 5.25 Å². The fraction of sp³-hybridized carbons (Fsp3) is 0.267. The molecule has 1 unspecified atom stereocenters. The second-order valence-corrected chi connectivity index (χ2v) is 5.79. The van der Waals surface area contributed by atoms with E-state index in [0.29, 0.717) is 5.16 Å². The van der Waals surface area contributed by atoms with Crippen LogP contribution in [0.15, 0.2) is 35.5 Å². The Morgan fingerprint density at radius 1 is 1.14 bits per heavy atom. The zero-order chi connectivity index (χ0) is 15.4. The van der Waals surface area contributed by atoms with E-state index in [1.807, 2.05) is 51.1 Å². The number of nitrogens with one attached hydrogen (secondary N) is 1. The normalized spacial score (nSPS) is 12.0. The van der Waals surface area contributed by atoms with Crippen molar-refractivity contribution < 1.29 is 4.79 Å². The smallest absolute Gasteiger partial charge is 0.251 e. The van der Waals surface area contributed by atoms with Crippen LogP contribution in [-0.2, 0) is 4.79 Å². The zero-order valence-corrected chi connectivity index (χ0v) is 13.1. The predicted octanol–water partition coefficient (Wildman–Crippen LogP) is 2.23. The third-order valence-corrected chi connectivity index (χ3v) is 4.43. The van der Waals surface area contributed by atoms with Gasteiger partial charge in [-0.05, 0) is 31.9 Å². The van der Waals surface area contributed by atoms with Gasteiger partial charge in [-0.25, -0.2) is 15.8 Å². The van der Waals surface area contributed by atoms with Crippen LogP contribution in [0.3, 0.4) is 0 Å². The van der Waals surface area contributed by atoms with Gasteiger partial charge < -0.3 is 0 Å². The maximum absolute atomic E-state index is 12.0. The van der Waals surface area contributed by atoms with Gasteiger partial charge in [-0.2, -0.15) is 0 Å². The molecule has 21 heavy (non-hydrogen) atoms. The first-order chi connectivity index (χ1) is 10.0. The molecule has 0 saturated carbocycles. The number of rotatable bonds is 4. The molecular formula is C15H18N4OS. The number of thioether (sulfide) groups is 1. The highest BCUT2D eigenvalue weighted by Gasteiger charge is 2.23. The summed E-state index contributed by atoms with van der Waals surface area (Å²) in [6.07, 6.45) is 0. The third kappa shape index (κ3) is 3.59. The number of carbonyl (C=O) groups excluding carboxylic acids is 1. The van der Waals surface area contributed by atoms with E-state index in [0.717, 1.165) is 22.5 Å². The van der Waals surface area contributed by atoms with Crippen LogP contribution in [0.5, 0.6) is 0 Å². The molecule has 5 nitrogen and oxygen atoms in total. The number of amides is 1.